The highest BCUT2D eigenvalue weighted by atomic mass is 35.5. The van der Waals surface area contributed by atoms with Crippen molar-refractivity contribution in [1.82, 2.24) is 4.31 Å². The van der Waals surface area contributed by atoms with Crippen LogP contribution in [-0.4, -0.2) is 31.4 Å². The van der Waals surface area contributed by atoms with Crippen LogP contribution in [0.2, 0.25) is 5.02 Å². The lowest BCUT2D eigenvalue weighted by Crippen LogP contribution is -2.34. The monoisotopic (exact) mass is 321 g/mol. The van der Waals surface area contributed by atoms with E-state index in [0.29, 0.717) is 12.5 Å². The number of hydrogen-bond donors (Lipinski definition) is 1. The summed E-state index contributed by atoms with van der Waals surface area (Å²) >= 11 is 5.67. The molecule has 0 bridgehead atoms. The molecule has 2 rings (SSSR count). The lowest BCUT2D eigenvalue weighted by Gasteiger charge is -2.29. The van der Waals surface area contributed by atoms with Crippen molar-refractivity contribution in [3.05, 3.63) is 28.5 Å². The smallest absolute Gasteiger partial charge is 0.242 e. The second-order valence-corrected chi connectivity index (χ2v) is 7.54. The zero-order valence-electron chi connectivity index (χ0n) is 11.1. The normalized spacial score (nSPS) is 16.4. The Bertz CT molecular complexity index is 602. The number of halogens is 2. The van der Waals surface area contributed by atoms with Gasteiger partial charge in [0.2, 0.25) is 10.0 Å². The third kappa shape index (κ3) is 2.98. The van der Waals surface area contributed by atoms with E-state index in [1.807, 2.05) is 0 Å². The second-order valence-electron chi connectivity index (χ2n) is 5.12. The molecule has 0 amide bonds. The average Bonchev–Trinajstić information content (AvgIpc) is 2.36. The highest BCUT2D eigenvalue weighted by Crippen LogP contribution is 2.30. The second kappa shape index (κ2) is 5.97. The SMILES string of the molecule is CN(CC1CCC1)S(=O)(=O)c1cc(F)c(Cl)c(CO)c1. The minimum Gasteiger partial charge on any atom is -0.392 e. The van der Waals surface area contributed by atoms with Crippen LogP contribution in [0.1, 0.15) is 24.8 Å². The number of sulfonamides is 1. The van der Waals surface area contributed by atoms with E-state index in [1.165, 1.54) is 17.4 Å². The lowest BCUT2D eigenvalue weighted by atomic mass is 9.86. The van der Waals surface area contributed by atoms with Crippen molar-refractivity contribution in [2.75, 3.05) is 13.6 Å². The molecular weight excluding hydrogens is 305 g/mol. The zero-order valence-corrected chi connectivity index (χ0v) is 12.7. The molecule has 4 nitrogen and oxygen atoms in total. The maximum Gasteiger partial charge on any atom is 0.242 e. The van der Waals surface area contributed by atoms with Gasteiger partial charge in [-0.05, 0) is 30.9 Å². The van der Waals surface area contributed by atoms with E-state index in [0.717, 1.165) is 25.3 Å². The van der Waals surface area contributed by atoms with Gasteiger partial charge in [-0.2, -0.15) is 0 Å². The van der Waals surface area contributed by atoms with Crippen LogP contribution >= 0.6 is 11.6 Å². The van der Waals surface area contributed by atoms with Gasteiger partial charge in [0.1, 0.15) is 5.82 Å². The van der Waals surface area contributed by atoms with Gasteiger partial charge >= 0.3 is 0 Å². The summed E-state index contributed by atoms with van der Waals surface area (Å²) in [5.41, 5.74) is 0.0716. The number of benzene rings is 1. The van der Waals surface area contributed by atoms with Crippen LogP contribution in [0.15, 0.2) is 17.0 Å². The maximum atomic E-state index is 13.6. The molecule has 1 aliphatic carbocycles. The molecule has 7 heteroatoms. The molecular formula is C13H17ClFNO3S. The predicted octanol–water partition coefficient (Wildman–Crippen LogP) is 2.39. The fraction of sp³-hybridized carbons (Fsp3) is 0.538. The molecule has 1 saturated carbocycles. The van der Waals surface area contributed by atoms with Crippen molar-refractivity contribution in [2.24, 2.45) is 5.92 Å². The fourth-order valence-electron chi connectivity index (χ4n) is 2.20. The minimum atomic E-state index is -3.76. The molecule has 0 aromatic heterocycles. The van der Waals surface area contributed by atoms with Crippen molar-refractivity contribution >= 4 is 21.6 Å². The fourth-order valence-corrected chi connectivity index (χ4v) is 3.68. The van der Waals surface area contributed by atoms with Crippen LogP contribution in [0.4, 0.5) is 4.39 Å². The Balaban J connectivity index is 2.30. The minimum absolute atomic E-state index is 0.0716. The van der Waals surface area contributed by atoms with Crippen LogP contribution in [0.25, 0.3) is 0 Å². The van der Waals surface area contributed by atoms with E-state index in [1.54, 1.807) is 0 Å². The summed E-state index contributed by atoms with van der Waals surface area (Å²) in [5.74, 6) is -0.460. The summed E-state index contributed by atoms with van der Waals surface area (Å²) in [7, 11) is -2.27. The zero-order chi connectivity index (χ0) is 14.9. The molecule has 20 heavy (non-hydrogen) atoms. The molecule has 0 atom stereocenters. The van der Waals surface area contributed by atoms with E-state index in [-0.39, 0.29) is 15.5 Å². The van der Waals surface area contributed by atoms with Gasteiger partial charge in [0.15, 0.2) is 0 Å². The van der Waals surface area contributed by atoms with Gasteiger partial charge in [0.05, 0.1) is 16.5 Å². The van der Waals surface area contributed by atoms with Gasteiger partial charge in [-0.3, -0.25) is 0 Å². The highest BCUT2D eigenvalue weighted by molar-refractivity contribution is 7.89. The predicted molar refractivity (Wildman–Crippen MR) is 74.5 cm³/mol. The van der Waals surface area contributed by atoms with Crippen molar-refractivity contribution in [1.29, 1.82) is 0 Å². The Kier molecular flexibility index (Phi) is 4.69. The molecule has 112 valence electrons. The quantitative estimate of drug-likeness (QED) is 0.906. The summed E-state index contributed by atoms with van der Waals surface area (Å²) in [5, 5.41) is 8.86. The van der Waals surface area contributed by atoms with Gasteiger partial charge in [-0.15, -0.1) is 0 Å². The number of aliphatic hydroxyl groups excluding tert-OH is 1. The Morgan fingerprint density at radius 1 is 1.45 bits per heavy atom. The van der Waals surface area contributed by atoms with Crippen LogP contribution in [0, 0.1) is 11.7 Å². The van der Waals surface area contributed by atoms with E-state index >= 15 is 0 Å². The van der Waals surface area contributed by atoms with Crippen LogP contribution < -0.4 is 0 Å². The maximum absolute atomic E-state index is 13.6. The van der Waals surface area contributed by atoms with Crippen molar-refractivity contribution in [3.63, 3.8) is 0 Å². The van der Waals surface area contributed by atoms with Crippen molar-refractivity contribution in [2.45, 2.75) is 30.8 Å². The van der Waals surface area contributed by atoms with Crippen LogP contribution in [0.3, 0.4) is 0 Å². The van der Waals surface area contributed by atoms with Gasteiger partial charge in [0.25, 0.3) is 0 Å². The first-order valence-electron chi connectivity index (χ1n) is 6.41. The van der Waals surface area contributed by atoms with E-state index in [4.69, 9.17) is 16.7 Å². The van der Waals surface area contributed by atoms with Gasteiger partial charge < -0.3 is 5.11 Å². The Hall–Kier alpha value is -0.690. The summed E-state index contributed by atoms with van der Waals surface area (Å²) < 4.78 is 39.6. The van der Waals surface area contributed by atoms with Gasteiger partial charge in [-0.25, -0.2) is 17.1 Å². The molecule has 0 heterocycles. The molecule has 0 spiro atoms. The van der Waals surface area contributed by atoms with Crippen molar-refractivity contribution < 1.29 is 17.9 Å². The topological polar surface area (TPSA) is 57.6 Å². The molecule has 0 unspecified atom stereocenters. The Morgan fingerprint density at radius 3 is 2.60 bits per heavy atom. The van der Waals surface area contributed by atoms with E-state index in [2.05, 4.69) is 0 Å². The third-order valence-corrected chi connectivity index (χ3v) is 5.92. The summed E-state index contributed by atoms with van der Waals surface area (Å²) in [6, 6.07) is 2.12. The van der Waals surface area contributed by atoms with Crippen molar-refractivity contribution in [3.8, 4) is 0 Å². The Morgan fingerprint density at radius 2 is 2.10 bits per heavy atom. The number of hydrogen-bond acceptors (Lipinski definition) is 3. The molecule has 1 aromatic rings. The molecule has 1 aromatic carbocycles. The number of aliphatic hydroxyl groups is 1. The summed E-state index contributed by atoms with van der Waals surface area (Å²) in [6.45, 7) is -0.0769. The van der Waals surface area contributed by atoms with Gasteiger partial charge in [-0.1, -0.05) is 18.0 Å². The first-order valence-corrected chi connectivity index (χ1v) is 8.23. The first kappa shape index (κ1) is 15.7. The highest BCUT2D eigenvalue weighted by Gasteiger charge is 2.28. The van der Waals surface area contributed by atoms with Gasteiger partial charge in [0, 0.05) is 19.2 Å². The average molecular weight is 322 g/mol. The number of nitrogens with zero attached hydrogens (tertiary/aromatic N) is 1. The molecule has 0 radical (unpaired) electrons. The first-order chi connectivity index (χ1) is 9.36. The molecule has 0 saturated heterocycles. The number of rotatable bonds is 5. The largest absolute Gasteiger partial charge is 0.392 e. The lowest BCUT2D eigenvalue weighted by molar-refractivity contribution is 0.262. The molecule has 1 aliphatic rings. The third-order valence-electron chi connectivity index (χ3n) is 3.70. The van der Waals surface area contributed by atoms with E-state index < -0.39 is 22.4 Å². The van der Waals surface area contributed by atoms with Crippen LogP contribution in [0.5, 0.6) is 0 Å². The summed E-state index contributed by atoms with van der Waals surface area (Å²) in [4.78, 5) is -0.176. The standard InChI is InChI=1S/C13H17ClFNO3S/c1-16(7-9-3-2-4-9)20(18,19)11-5-10(8-17)13(14)12(15)6-11/h5-6,9,17H,2-4,7-8H2,1H3. The van der Waals surface area contributed by atoms with Crippen LogP contribution in [-0.2, 0) is 16.6 Å². The summed E-state index contributed by atoms with van der Waals surface area (Å²) in [6.07, 6.45) is 3.18. The van der Waals surface area contributed by atoms with E-state index in [9.17, 15) is 12.8 Å². The molecule has 1 N–H and O–H groups in total. The molecule has 1 fully saturated rings. The molecule has 0 aliphatic heterocycles. The Labute approximate surface area is 123 Å².